The van der Waals surface area contributed by atoms with Crippen molar-refractivity contribution < 1.29 is 4.79 Å². The molecule has 0 spiro atoms. The van der Waals surface area contributed by atoms with Crippen LogP contribution in [0, 0.1) is 12.3 Å². The number of aromatic nitrogens is 2. The first-order chi connectivity index (χ1) is 12.7. The molecule has 1 N–H and O–H groups in total. The lowest BCUT2D eigenvalue weighted by molar-refractivity contribution is 0.0999. The molecule has 2 aromatic carbocycles. The lowest BCUT2D eigenvalue weighted by Crippen LogP contribution is -2.16. The number of para-hydroxylation sites is 1. The minimum atomic E-state index is -0.268. The van der Waals surface area contributed by atoms with Crippen molar-refractivity contribution in [1.29, 1.82) is 0 Å². The first-order valence-corrected chi connectivity index (χ1v) is 9.24. The molecule has 0 aliphatic carbocycles. The van der Waals surface area contributed by atoms with Gasteiger partial charge in [-0.2, -0.15) is 4.99 Å². The smallest absolute Gasteiger partial charge is 0.281 e. The Labute approximate surface area is 154 Å². The summed E-state index contributed by atoms with van der Waals surface area (Å²) in [6, 6.07) is 14.0. The molecule has 0 radical (unpaired) electrons. The van der Waals surface area contributed by atoms with E-state index in [0.29, 0.717) is 16.9 Å². The van der Waals surface area contributed by atoms with E-state index in [1.807, 2.05) is 28.8 Å². The maximum atomic E-state index is 12.8. The number of hydrogen-bond acceptors (Lipinski definition) is 2. The summed E-state index contributed by atoms with van der Waals surface area (Å²) < 4.78 is 3.01. The van der Waals surface area contributed by atoms with Crippen LogP contribution in [0.25, 0.3) is 21.1 Å². The van der Waals surface area contributed by atoms with E-state index in [9.17, 15) is 4.79 Å². The Bertz CT molecular complexity index is 1230. The Balaban J connectivity index is 1.88. The monoisotopic (exact) mass is 359 g/mol. The van der Waals surface area contributed by atoms with Crippen molar-refractivity contribution in [3.63, 3.8) is 0 Å². The molecular formula is C21H17N3OS. The zero-order valence-electron chi connectivity index (χ0n) is 14.3. The average molecular weight is 359 g/mol. The van der Waals surface area contributed by atoms with Gasteiger partial charge in [0, 0.05) is 17.1 Å². The van der Waals surface area contributed by atoms with Crippen LogP contribution in [0.4, 0.5) is 0 Å². The summed E-state index contributed by atoms with van der Waals surface area (Å²) in [7, 11) is 0. The number of nitrogens with zero attached hydrogens (tertiary/aromatic N) is 2. The third-order valence-corrected chi connectivity index (χ3v) is 5.46. The van der Waals surface area contributed by atoms with Gasteiger partial charge in [0.2, 0.25) is 0 Å². The molecule has 2 aromatic heterocycles. The van der Waals surface area contributed by atoms with Gasteiger partial charge < -0.3 is 9.55 Å². The number of carbonyl (C=O) groups excluding carboxylic acids is 1. The minimum absolute atomic E-state index is 0.268. The number of fused-ring (bicyclic) bond motifs is 2. The summed E-state index contributed by atoms with van der Waals surface area (Å²) in [6.07, 6.45) is 8.21. The number of rotatable bonds is 3. The van der Waals surface area contributed by atoms with E-state index in [0.717, 1.165) is 27.5 Å². The lowest BCUT2D eigenvalue weighted by Gasteiger charge is -2.01. The first kappa shape index (κ1) is 16.4. The Morgan fingerprint density at radius 1 is 1.31 bits per heavy atom. The number of carbonyl (C=O) groups is 1. The summed E-state index contributed by atoms with van der Waals surface area (Å²) in [5, 5.41) is 0.874. The van der Waals surface area contributed by atoms with E-state index in [1.54, 1.807) is 6.20 Å². The molecule has 5 heteroatoms. The first-order valence-electron chi connectivity index (χ1n) is 8.42. The SMILES string of the molecule is C#CCn1c(=NC(=O)c2c[nH]c3ccccc23)sc2cc(CC)ccc21. The van der Waals surface area contributed by atoms with Crippen LogP contribution in [0.2, 0.25) is 0 Å². The van der Waals surface area contributed by atoms with Gasteiger partial charge in [-0.05, 0) is 30.2 Å². The summed E-state index contributed by atoms with van der Waals surface area (Å²) in [5.74, 6) is 2.39. The van der Waals surface area contributed by atoms with Gasteiger partial charge in [0.15, 0.2) is 4.80 Å². The lowest BCUT2D eigenvalue weighted by atomic mass is 10.2. The zero-order chi connectivity index (χ0) is 18.1. The van der Waals surface area contributed by atoms with Crippen molar-refractivity contribution >= 4 is 38.4 Å². The van der Waals surface area contributed by atoms with Gasteiger partial charge in [-0.15, -0.1) is 6.42 Å². The number of hydrogen-bond donors (Lipinski definition) is 1. The van der Waals surface area contributed by atoms with Crippen LogP contribution >= 0.6 is 11.3 Å². The third kappa shape index (κ3) is 2.75. The normalized spacial score (nSPS) is 11.9. The van der Waals surface area contributed by atoms with Crippen LogP contribution in [0.15, 0.2) is 53.7 Å². The van der Waals surface area contributed by atoms with Crippen molar-refractivity contribution in [2.24, 2.45) is 4.99 Å². The molecule has 0 bridgehead atoms. The number of amides is 1. The van der Waals surface area contributed by atoms with Gasteiger partial charge in [-0.25, -0.2) is 0 Å². The maximum absolute atomic E-state index is 12.8. The topological polar surface area (TPSA) is 50.1 Å². The third-order valence-electron chi connectivity index (χ3n) is 4.42. The van der Waals surface area contributed by atoms with Gasteiger partial charge in [-0.3, -0.25) is 4.79 Å². The van der Waals surface area contributed by atoms with Crippen LogP contribution in [0.3, 0.4) is 0 Å². The highest BCUT2D eigenvalue weighted by atomic mass is 32.1. The Morgan fingerprint density at radius 3 is 2.96 bits per heavy atom. The molecule has 26 heavy (non-hydrogen) atoms. The van der Waals surface area contributed by atoms with Crippen LogP contribution in [-0.2, 0) is 13.0 Å². The number of thiazole rings is 1. The predicted octanol–water partition coefficient (Wildman–Crippen LogP) is 4.12. The molecular weight excluding hydrogens is 342 g/mol. The fourth-order valence-electron chi connectivity index (χ4n) is 3.06. The fraction of sp³-hybridized carbons (Fsp3) is 0.143. The number of aryl methyl sites for hydroxylation is 1. The minimum Gasteiger partial charge on any atom is -0.360 e. The summed E-state index contributed by atoms with van der Waals surface area (Å²) >= 11 is 1.49. The second kappa shape index (κ2) is 6.66. The molecule has 0 aliphatic heterocycles. The van der Waals surface area contributed by atoms with Gasteiger partial charge >= 0.3 is 0 Å². The van der Waals surface area contributed by atoms with Crippen LogP contribution in [0.5, 0.6) is 0 Å². The average Bonchev–Trinajstić information content (AvgIpc) is 3.23. The molecule has 0 saturated heterocycles. The number of terminal acetylenes is 1. The molecule has 4 aromatic rings. The number of H-pyrrole nitrogens is 1. The predicted molar refractivity (Wildman–Crippen MR) is 106 cm³/mol. The van der Waals surface area contributed by atoms with Gasteiger partial charge in [0.25, 0.3) is 5.91 Å². The molecule has 0 aliphatic rings. The van der Waals surface area contributed by atoms with Crippen molar-refractivity contribution in [2.45, 2.75) is 19.9 Å². The van der Waals surface area contributed by atoms with Crippen LogP contribution in [0.1, 0.15) is 22.8 Å². The second-order valence-electron chi connectivity index (χ2n) is 6.00. The van der Waals surface area contributed by atoms with E-state index >= 15 is 0 Å². The molecule has 0 atom stereocenters. The van der Waals surface area contributed by atoms with E-state index in [1.165, 1.54) is 16.9 Å². The zero-order valence-corrected chi connectivity index (χ0v) is 15.1. The maximum Gasteiger partial charge on any atom is 0.281 e. The largest absolute Gasteiger partial charge is 0.360 e. The molecule has 4 rings (SSSR count). The van der Waals surface area contributed by atoms with E-state index in [2.05, 4.69) is 41.0 Å². The quantitative estimate of drug-likeness (QED) is 0.550. The number of benzene rings is 2. The Morgan fingerprint density at radius 2 is 2.15 bits per heavy atom. The van der Waals surface area contributed by atoms with Crippen LogP contribution < -0.4 is 4.80 Å². The van der Waals surface area contributed by atoms with Crippen molar-refractivity contribution in [1.82, 2.24) is 9.55 Å². The van der Waals surface area contributed by atoms with Crippen molar-refractivity contribution in [3.05, 3.63) is 64.6 Å². The molecule has 0 saturated carbocycles. The fourth-order valence-corrected chi connectivity index (χ4v) is 4.15. The van der Waals surface area contributed by atoms with Gasteiger partial charge in [0.05, 0.1) is 22.3 Å². The number of nitrogens with one attached hydrogen (secondary N) is 1. The van der Waals surface area contributed by atoms with E-state index in [-0.39, 0.29) is 5.91 Å². The Hall–Kier alpha value is -3.10. The van der Waals surface area contributed by atoms with E-state index in [4.69, 9.17) is 6.42 Å². The van der Waals surface area contributed by atoms with Crippen molar-refractivity contribution in [3.8, 4) is 12.3 Å². The molecule has 1 amide bonds. The summed E-state index contributed by atoms with van der Waals surface area (Å²) in [5.41, 5.74) is 3.75. The van der Waals surface area contributed by atoms with E-state index < -0.39 is 0 Å². The molecule has 0 unspecified atom stereocenters. The van der Waals surface area contributed by atoms with Crippen LogP contribution in [-0.4, -0.2) is 15.5 Å². The standard InChI is InChI=1S/C21H17N3OS/c1-3-11-24-18-10-9-14(4-2)12-19(18)26-21(24)23-20(25)16-13-22-17-8-6-5-7-15(16)17/h1,5-10,12-13,22H,4,11H2,2H3. The molecule has 2 heterocycles. The molecule has 128 valence electrons. The molecule has 4 nitrogen and oxygen atoms in total. The van der Waals surface area contributed by atoms with Gasteiger partial charge in [-0.1, -0.05) is 48.4 Å². The van der Waals surface area contributed by atoms with Gasteiger partial charge in [0.1, 0.15) is 0 Å². The summed E-state index contributed by atoms with van der Waals surface area (Å²) in [4.78, 5) is 20.9. The van der Waals surface area contributed by atoms with Crippen molar-refractivity contribution in [2.75, 3.05) is 0 Å². The highest BCUT2D eigenvalue weighted by Crippen LogP contribution is 2.21. The highest BCUT2D eigenvalue weighted by Gasteiger charge is 2.13. The number of aromatic amines is 1. The summed E-state index contributed by atoms with van der Waals surface area (Å²) in [6.45, 7) is 2.50. The second-order valence-corrected chi connectivity index (χ2v) is 7.00. The Kier molecular flexibility index (Phi) is 4.19. The molecule has 0 fully saturated rings. The highest BCUT2D eigenvalue weighted by molar-refractivity contribution is 7.16.